The van der Waals surface area contributed by atoms with E-state index in [4.69, 9.17) is 16.3 Å². The largest absolute Gasteiger partial charge is 0.497 e. The molecule has 10 heteroatoms. The molecule has 0 radical (unpaired) electrons. The Hall–Kier alpha value is -2.42. The second-order valence-electron chi connectivity index (χ2n) is 7.00. The van der Waals surface area contributed by atoms with Gasteiger partial charge in [0, 0.05) is 12.5 Å². The van der Waals surface area contributed by atoms with Crippen molar-refractivity contribution in [2.75, 3.05) is 12.4 Å². The molecule has 29 heavy (non-hydrogen) atoms. The van der Waals surface area contributed by atoms with Gasteiger partial charge in [-0.15, -0.1) is 0 Å². The van der Waals surface area contributed by atoms with E-state index in [1.807, 2.05) is 6.92 Å². The summed E-state index contributed by atoms with van der Waals surface area (Å²) < 4.78 is 47.2. The first-order valence-corrected chi connectivity index (χ1v) is 9.59. The van der Waals surface area contributed by atoms with E-state index in [0.717, 1.165) is 4.68 Å². The van der Waals surface area contributed by atoms with Crippen LogP contribution in [0.1, 0.15) is 54.8 Å². The Morgan fingerprint density at radius 1 is 1.41 bits per heavy atom. The number of hydrogen-bond donors (Lipinski definition) is 2. The van der Waals surface area contributed by atoms with Crippen LogP contribution in [0.5, 0.6) is 5.75 Å². The monoisotopic (exact) mass is 430 g/mol. The van der Waals surface area contributed by atoms with E-state index in [1.165, 1.54) is 7.11 Å². The van der Waals surface area contributed by atoms with Crippen LogP contribution in [0.4, 0.5) is 19.0 Å². The SMILES string of the molecule is CC[C@@H](C)NC(=O)c1nn2c(c1Cl)N[C@@H](c1ccc(OC)cc1)C[C@@H]2C(F)(F)F. The number of nitrogens with zero attached hydrogens (tertiary/aromatic N) is 2. The van der Waals surface area contributed by atoms with Crippen LogP contribution in [0.3, 0.4) is 0 Å². The van der Waals surface area contributed by atoms with E-state index in [2.05, 4.69) is 15.7 Å². The molecule has 2 N–H and O–H groups in total. The zero-order valence-electron chi connectivity index (χ0n) is 16.2. The molecule has 158 valence electrons. The summed E-state index contributed by atoms with van der Waals surface area (Å²) in [6.45, 7) is 3.67. The van der Waals surface area contributed by atoms with Gasteiger partial charge >= 0.3 is 6.18 Å². The Morgan fingerprint density at radius 3 is 2.62 bits per heavy atom. The summed E-state index contributed by atoms with van der Waals surface area (Å²) in [4.78, 5) is 12.4. The number of carbonyl (C=O) groups excluding carboxylic acids is 1. The lowest BCUT2D eigenvalue weighted by molar-refractivity contribution is -0.173. The minimum atomic E-state index is -4.55. The van der Waals surface area contributed by atoms with Crippen molar-refractivity contribution in [3.8, 4) is 5.75 Å². The first kappa shape index (κ1) is 21.3. The fraction of sp³-hybridized carbons (Fsp3) is 0.474. The van der Waals surface area contributed by atoms with Crippen molar-refractivity contribution in [2.45, 2.75) is 51.0 Å². The molecule has 0 unspecified atom stereocenters. The zero-order valence-corrected chi connectivity index (χ0v) is 16.9. The number of nitrogens with one attached hydrogen (secondary N) is 2. The third-order valence-corrected chi connectivity index (χ3v) is 5.38. The molecule has 0 saturated carbocycles. The van der Waals surface area contributed by atoms with Crippen molar-refractivity contribution in [2.24, 2.45) is 0 Å². The first-order chi connectivity index (χ1) is 13.7. The van der Waals surface area contributed by atoms with Gasteiger partial charge in [-0.2, -0.15) is 18.3 Å². The Bertz CT molecular complexity index is 883. The van der Waals surface area contributed by atoms with Crippen LogP contribution in [0.2, 0.25) is 5.02 Å². The average molecular weight is 431 g/mol. The number of aromatic nitrogens is 2. The molecule has 1 aliphatic heterocycles. The lowest BCUT2D eigenvalue weighted by Crippen LogP contribution is -2.36. The molecule has 1 aliphatic rings. The van der Waals surface area contributed by atoms with E-state index in [1.54, 1.807) is 31.2 Å². The highest BCUT2D eigenvalue weighted by Gasteiger charge is 2.47. The van der Waals surface area contributed by atoms with Gasteiger partial charge in [0.05, 0.1) is 13.2 Å². The summed E-state index contributed by atoms with van der Waals surface area (Å²) in [5.74, 6) is -0.0191. The minimum absolute atomic E-state index is 0.0182. The molecule has 3 rings (SSSR count). The Kier molecular flexibility index (Phi) is 5.97. The van der Waals surface area contributed by atoms with Gasteiger partial charge in [0.2, 0.25) is 0 Å². The number of carbonyl (C=O) groups is 1. The average Bonchev–Trinajstić information content (AvgIpc) is 3.03. The van der Waals surface area contributed by atoms with Crippen molar-refractivity contribution in [3.05, 3.63) is 40.5 Å². The maximum atomic E-state index is 13.8. The van der Waals surface area contributed by atoms with Gasteiger partial charge < -0.3 is 15.4 Å². The summed E-state index contributed by atoms with van der Waals surface area (Å²) in [6.07, 6.45) is -4.17. The molecule has 0 fully saturated rings. The quantitative estimate of drug-likeness (QED) is 0.719. The molecule has 0 spiro atoms. The number of benzene rings is 1. The number of methoxy groups -OCH3 is 1. The smallest absolute Gasteiger partial charge is 0.410 e. The molecule has 1 aromatic carbocycles. The van der Waals surface area contributed by atoms with Crippen LogP contribution in [0.25, 0.3) is 0 Å². The normalized spacial score (nSPS) is 19.8. The van der Waals surface area contributed by atoms with Crippen LogP contribution in [0, 0.1) is 0 Å². The second-order valence-corrected chi connectivity index (χ2v) is 7.38. The predicted molar refractivity (Wildman–Crippen MR) is 104 cm³/mol. The summed E-state index contributed by atoms with van der Waals surface area (Å²) >= 11 is 6.29. The van der Waals surface area contributed by atoms with Crippen LogP contribution in [-0.2, 0) is 0 Å². The van der Waals surface area contributed by atoms with Crippen molar-refractivity contribution >= 4 is 23.3 Å². The topological polar surface area (TPSA) is 68.2 Å². The van der Waals surface area contributed by atoms with E-state index in [9.17, 15) is 18.0 Å². The zero-order chi connectivity index (χ0) is 21.3. The van der Waals surface area contributed by atoms with Gasteiger partial charge in [0.25, 0.3) is 5.91 Å². The molecule has 2 heterocycles. The maximum absolute atomic E-state index is 13.8. The van der Waals surface area contributed by atoms with E-state index in [-0.39, 0.29) is 29.0 Å². The summed E-state index contributed by atoms with van der Waals surface area (Å²) in [6, 6.07) is 4.03. The van der Waals surface area contributed by atoms with Crippen LogP contribution < -0.4 is 15.4 Å². The molecule has 2 aromatic rings. The van der Waals surface area contributed by atoms with E-state index < -0.39 is 24.2 Å². The Morgan fingerprint density at radius 2 is 2.07 bits per heavy atom. The fourth-order valence-corrected chi connectivity index (χ4v) is 3.45. The number of amides is 1. The standard InChI is InChI=1S/C19H22ClF3N4O2/c1-4-10(2)24-18(28)16-15(20)17-25-13(11-5-7-12(29-3)8-6-11)9-14(19(21,22)23)27(17)26-16/h5-8,10,13-14,25H,4,9H2,1-3H3,(H,24,28)/t10-,13-,14-/m1/s1. The number of rotatable bonds is 5. The molecular weight excluding hydrogens is 409 g/mol. The van der Waals surface area contributed by atoms with Gasteiger partial charge in [-0.1, -0.05) is 30.7 Å². The number of halogens is 4. The van der Waals surface area contributed by atoms with Gasteiger partial charge in [-0.25, -0.2) is 4.68 Å². The summed E-state index contributed by atoms with van der Waals surface area (Å²) in [7, 11) is 1.51. The fourth-order valence-electron chi connectivity index (χ4n) is 3.18. The molecule has 0 aliphatic carbocycles. The van der Waals surface area contributed by atoms with Crippen LogP contribution in [0.15, 0.2) is 24.3 Å². The molecular formula is C19H22ClF3N4O2. The number of anilines is 1. The third-order valence-electron chi connectivity index (χ3n) is 5.02. The highest BCUT2D eigenvalue weighted by Crippen LogP contribution is 2.46. The number of hydrogen-bond acceptors (Lipinski definition) is 4. The molecule has 1 amide bonds. The first-order valence-electron chi connectivity index (χ1n) is 9.21. The Labute approximate surface area is 171 Å². The van der Waals surface area contributed by atoms with E-state index in [0.29, 0.717) is 17.7 Å². The van der Waals surface area contributed by atoms with Gasteiger partial charge in [-0.3, -0.25) is 4.79 Å². The molecule has 0 bridgehead atoms. The molecule has 1 aromatic heterocycles. The van der Waals surface area contributed by atoms with Crippen molar-refractivity contribution in [3.63, 3.8) is 0 Å². The molecule has 0 saturated heterocycles. The van der Waals surface area contributed by atoms with Crippen molar-refractivity contribution in [1.29, 1.82) is 0 Å². The summed E-state index contributed by atoms with van der Waals surface area (Å²) in [5.41, 5.74) is 0.424. The number of alkyl halides is 3. The van der Waals surface area contributed by atoms with Crippen molar-refractivity contribution in [1.82, 2.24) is 15.1 Å². The van der Waals surface area contributed by atoms with Crippen molar-refractivity contribution < 1.29 is 22.7 Å². The summed E-state index contributed by atoms with van der Waals surface area (Å²) in [5, 5.41) is 9.48. The third kappa shape index (κ3) is 4.29. The maximum Gasteiger partial charge on any atom is 0.410 e. The van der Waals surface area contributed by atoms with Crippen LogP contribution >= 0.6 is 11.6 Å². The van der Waals surface area contributed by atoms with Gasteiger partial charge in [0.15, 0.2) is 11.7 Å². The predicted octanol–water partition coefficient (Wildman–Crippen LogP) is 4.73. The van der Waals surface area contributed by atoms with Crippen LogP contribution in [-0.4, -0.2) is 35.0 Å². The van der Waals surface area contributed by atoms with Gasteiger partial charge in [-0.05, 0) is 31.0 Å². The lowest BCUT2D eigenvalue weighted by Gasteiger charge is -2.33. The molecule has 3 atom stereocenters. The minimum Gasteiger partial charge on any atom is -0.497 e. The van der Waals surface area contributed by atoms with E-state index >= 15 is 0 Å². The highest BCUT2D eigenvalue weighted by atomic mass is 35.5. The highest BCUT2D eigenvalue weighted by molar-refractivity contribution is 6.36. The number of ether oxygens (including phenoxy) is 1. The second kappa shape index (κ2) is 8.14. The molecule has 6 nitrogen and oxygen atoms in total. The number of fused-ring (bicyclic) bond motifs is 1. The lowest BCUT2D eigenvalue weighted by atomic mass is 9.97. The Balaban J connectivity index is 1.99. The van der Waals surface area contributed by atoms with Gasteiger partial charge in [0.1, 0.15) is 16.6 Å².